The number of pyridine rings is 1. The molecule has 1 N–H and O–H groups in total. The molecule has 108 valence electrons. The first-order valence-electron chi connectivity index (χ1n) is 7.48. The summed E-state index contributed by atoms with van der Waals surface area (Å²) in [5, 5.41) is 5.78. The maximum Gasteiger partial charge on any atom is 0.0447 e. The SMILES string of the molecule is CCNC(CCCc1cccs1)C(C)c1ccccn1. The zero-order chi connectivity index (χ0) is 14.2. The number of nitrogens with zero attached hydrogens (tertiary/aromatic N) is 1. The van der Waals surface area contributed by atoms with Gasteiger partial charge in [0.25, 0.3) is 0 Å². The lowest BCUT2D eigenvalue weighted by Gasteiger charge is -2.24. The van der Waals surface area contributed by atoms with Crippen molar-refractivity contribution in [3.8, 4) is 0 Å². The van der Waals surface area contributed by atoms with E-state index in [1.807, 2.05) is 23.6 Å². The molecule has 0 saturated heterocycles. The first-order chi connectivity index (χ1) is 9.81. The largest absolute Gasteiger partial charge is 0.314 e. The Morgan fingerprint density at radius 2 is 2.15 bits per heavy atom. The van der Waals surface area contributed by atoms with Gasteiger partial charge in [-0.15, -0.1) is 11.3 Å². The third-order valence-corrected chi connectivity index (χ3v) is 4.68. The predicted octanol–water partition coefficient (Wildman–Crippen LogP) is 4.25. The minimum Gasteiger partial charge on any atom is -0.314 e. The van der Waals surface area contributed by atoms with Gasteiger partial charge in [-0.25, -0.2) is 0 Å². The number of hydrogen-bond donors (Lipinski definition) is 1. The summed E-state index contributed by atoms with van der Waals surface area (Å²) in [6, 6.07) is 11.1. The molecule has 0 aromatic carbocycles. The first-order valence-corrected chi connectivity index (χ1v) is 8.36. The van der Waals surface area contributed by atoms with E-state index in [2.05, 4.69) is 53.8 Å². The molecular weight excluding hydrogens is 264 g/mol. The van der Waals surface area contributed by atoms with Gasteiger partial charge in [0, 0.05) is 28.7 Å². The van der Waals surface area contributed by atoms with Gasteiger partial charge in [-0.3, -0.25) is 4.98 Å². The van der Waals surface area contributed by atoms with E-state index in [0.717, 1.165) is 6.54 Å². The fraction of sp³-hybridized carbons (Fsp3) is 0.471. The van der Waals surface area contributed by atoms with E-state index < -0.39 is 0 Å². The summed E-state index contributed by atoms with van der Waals surface area (Å²) in [4.78, 5) is 5.99. The Morgan fingerprint density at radius 3 is 2.80 bits per heavy atom. The molecule has 0 fully saturated rings. The molecule has 0 saturated carbocycles. The highest BCUT2D eigenvalue weighted by Crippen LogP contribution is 2.21. The number of rotatable bonds is 8. The molecule has 0 aliphatic carbocycles. The van der Waals surface area contributed by atoms with Gasteiger partial charge in [0.2, 0.25) is 0 Å². The van der Waals surface area contributed by atoms with Crippen LogP contribution in [-0.4, -0.2) is 17.6 Å². The summed E-state index contributed by atoms with van der Waals surface area (Å²) < 4.78 is 0. The summed E-state index contributed by atoms with van der Waals surface area (Å²) in [6.07, 6.45) is 5.51. The number of aryl methyl sites for hydroxylation is 1. The van der Waals surface area contributed by atoms with Gasteiger partial charge in [0.15, 0.2) is 0 Å². The Labute approximate surface area is 126 Å². The Morgan fingerprint density at radius 1 is 1.25 bits per heavy atom. The molecular formula is C17H24N2S. The van der Waals surface area contributed by atoms with Gasteiger partial charge >= 0.3 is 0 Å². The van der Waals surface area contributed by atoms with Crippen LogP contribution in [0.4, 0.5) is 0 Å². The van der Waals surface area contributed by atoms with E-state index in [1.165, 1.54) is 29.8 Å². The van der Waals surface area contributed by atoms with Crippen molar-refractivity contribution in [3.63, 3.8) is 0 Å². The second-order valence-electron chi connectivity index (χ2n) is 5.18. The minimum absolute atomic E-state index is 0.458. The van der Waals surface area contributed by atoms with Crippen LogP contribution in [-0.2, 0) is 6.42 Å². The van der Waals surface area contributed by atoms with Crippen molar-refractivity contribution in [2.75, 3.05) is 6.54 Å². The van der Waals surface area contributed by atoms with Crippen LogP contribution in [0.2, 0.25) is 0 Å². The molecule has 20 heavy (non-hydrogen) atoms. The van der Waals surface area contributed by atoms with Crippen LogP contribution in [0.1, 0.15) is 43.2 Å². The van der Waals surface area contributed by atoms with Crippen molar-refractivity contribution in [1.82, 2.24) is 10.3 Å². The minimum atomic E-state index is 0.458. The Kier molecular flexibility index (Phi) is 6.22. The Bertz CT molecular complexity index is 467. The number of likely N-dealkylation sites (N-methyl/N-ethyl adjacent to an activating group) is 1. The molecule has 0 aliphatic heterocycles. The zero-order valence-corrected chi connectivity index (χ0v) is 13.2. The maximum absolute atomic E-state index is 4.50. The molecule has 0 spiro atoms. The molecule has 2 atom stereocenters. The van der Waals surface area contributed by atoms with Crippen LogP contribution in [0.3, 0.4) is 0 Å². The van der Waals surface area contributed by atoms with Crippen molar-refractivity contribution in [3.05, 3.63) is 52.5 Å². The summed E-state index contributed by atoms with van der Waals surface area (Å²) in [7, 11) is 0. The van der Waals surface area contributed by atoms with Gasteiger partial charge in [0.05, 0.1) is 0 Å². The van der Waals surface area contributed by atoms with Crippen LogP contribution in [0.25, 0.3) is 0 Å². The molecule has 2 unspecified atom stereocenters. The van der Waals surface area contributed by atoms with Crippen molar-refractivity contribution in [2.45, 2.75) is 45.1 Å². The normalized spacial score (nSPS) is 14.1. The third kappa shape index (κ3) is 4.43. The summed E-state index contributed by atoms with van der Waals surface area (Å²) in [5.41, 5.74) is 1.19. The second kappa shape index (κ2) is 8.18. The molecule has 2 aromatic heterocycles. The average Bonchev–Trinajstić information content (AvgIpc) is 3.00. The van der Waals surface area contributed by atoms with Gasteiger partial charge in [0.1, 0.15) is 0 Å². The standard InChI is InChI=1S/C17H24N2S/c1-3-18-16(11-6-8-15-9-7-13-20-15)14(2)17-10-4-5-12-19-17/h4-5,7,9-10,12-14,16,18H,3,6,8,11H2,1-2H3. The summed E-state index contributed by atoms with van der Waals surface area (Å²) in [5.74, 6) is 0.458. The highest BCUT2D eigenvalue weighted by molar-refractivity contribution is 7.09. The lowest BCUT2D eigenvalue weighted by molar-refractivity contribution is 0.418. The van der Waals surface area contributed by atoms with E-state index >= 15 is 0 Å². The molecule has 0 aliphatic rings. The monoisotopic (exact) mass is 288 g/mol. The molecule has 2 nitrogen and oxygen atoms in total. The Balaban J connectivity index is 1.89. The van der Waals surface area contributed by atoms with Crippen LogP contribution >= 0.6 is 11.3 Å². The summed E-state index contributed by atoms with van der Waals surface area (Å²) in [6.45, 7) is 5.47. The van der Waals surface area contributed by atoms with Crippen LogP contribution < -0.4 is 5.32 Å². The van der Waals surface area contributed by atoms with E-state index in [-0.39, 0.29) is 0 Å². The topological polar surface area (TPSA) is 24.9 Å². The molecule has 0 bridgehead atoms. The van der Waals surface area contributed by atoms with Crippen molar-refractivity contribution in [2.24, 2.45) is 0 Å². The fourth-order valence-electron chi connectivity index (χ4n) is 2.59. The highest BCUT2D eigenvalue weighted by atomic mass is 32.1. The molecule has 0 radical (unpaired) electrons. The molecule has 2 aromatic rings. The predicted molar refractivity (Wildman–Crippen MR) is 87.4 cm³/mol. The molecule has 0 amide bonds. The number of thiophene rings is 1. The van der Waals surface area contributed by atoms with Crippen LogP contribution in [0.15, 0.2) is 41.9 Å². The molecule has 3 heteroatoms. The maximum atomic E-state index is 4.50. The summed E-state index contributed by atoms with van der Waals surface area (Å²) >= 11 is 1.86. The zero-order valence-electron chi connectivity index (χ0n) is 12.4. The lowest BCUT2D eigenvalue weighted by atomic mass is 9.93. The van der Waals surface area contributed by atoms with Crippen molar-refractivity contribution in [1.29, 1.82) is 0 Å². The van der Waals surface area contributed by atoms with Crippen molar-refractivity contribution < 1.29 is 0 Å². The first kappa shape index (κ1) is 15.2. The highest BCUT2D eigenvalue weighted by Gasteiger charge is 2.18. The van der Waals surface area contributed by atoms with E-state index in [9.17, 15) is 0 Å². The number of hydrogen-bond acceptors (Lipinski definition) is 3. The van der Waals surface area contributed by atoms with Gasteiger partial charge < -0.3 is 5.32 Å². The van der Waals surface area contributed by atoms with Crippen molar-refractivity contribution >= 4 is 11.3 Å². The van der Waals surface area contributed by atoms with Crippen LogP contribution in [0.5, 0.6) is 0 Å². The lowest BCUT2D eigenvalue weighted by Crippen LogP contribution is -2.34. The van der Waals surface area contributed by atoms with Crippen LogP contribution in [0, 0.1) is 0 Å². The molecule has 2 rings (SSSR count). The van der Waals surface area contributed by atoms with E-state index in [0.29, 0.717) is 12.0 Å². The van der Waals surface area contributed by atoms with Gasteiger partial charge in [-0.1, -0.05) is 26.0 Å². The smallest absolute Gasteiger partial charge is 0.0447 e. The Hall–Kier alpha value is -1.19. The number of nitrogens with one attached hydrogen (secondary N) is 1. The average molecular weight is 288 g/mol. The second-order valence-corrected chi connectivity index (χ2v) is 6.21. The number of aromatic nitrogens is 1. The molecule has 2 heterocycles. The van der Waals surface area contributed by atoms with Gasteiger partial charge in [-0.2, -0.15) is 0 Å². The van der Waals surface area contributed by atoms with Gasteiger partial charge in [-0.05, 0) is 49.4 Å². The third-order valence-electron chi connectivity index (χ3n) is 3.74. The quantitative estimate of drug-likeness (QED) is 0.785. The fourth-order valence-corrected chi connectivity index (χ4v) is 3.34. The van der Waals surface area contributed by atoms with E-state index in [4.69, 9.17) is 0 Å². The van der Waals surface area contributed by atoms with E-state index in [1.54, 1.807) is 0 Å².